The summed E-state index contributed by atoms with van der Waals surface area (Å²) in [7, 11) is 0. The van der Waals surface area contributed by atoms with Gasteiger partial charge < -0.3 is 5.11 Å². The van der Waals surface area contributed by atoms with Crippen LogP contribution in [-0.2, 0) is 0 Å². The van der Waals surface area contributed by atoms with E-state index in [4.69, 9.17) is 5.11 Å². The molecule has 17 heavy (non-hydrogen) atoms. The Morgan fingerprint density at radius 3 is 2.47 bits per heavy atom. The second kappa shape index (κ2) is 3.62. The molecule has 0 saturated heterocycles. The molecule has 0 aliphatic carbocycles. The number of fused-ring (bicyclic) bond motifs is 1. The fourth-order valence-electron chi connectivity index (χ4n) is 1.41. The summed E-state index contributed by atoms with van der Waals surface area (Å²) in [6, 6.07) is 2.77. The summed E-state index contributed by atoms with van der Waals surface area (Å²) < 4.78 is 39.9. The van der Waals surface area contributed by atoms with Crippen LogP contribution in [0.2, 0.25) is 0 Å². The third-order valence-corrected chi connectivity index (χ3v) is 2.22. The second-order valence-electron chi connectivity index (χ2n) is 3.21. The molecular formula is C10H4F3NO3. The highest BCUT2D eigenvalue weighted by Crippen LogP contribution is 2.15. The second-order valence-corrected chi connectivity index (χ2v) is 3.21. The van der Waals surface area contributed by atoms with Gasteiger partial charge in [-0.1, -0.05) is 10.5 Å². The molecule has 0 unspecified atom stereocenters. The number of hydrogen-bond donors (Lipinski definition) is 1. The molecule has 0 amide bonds. The monoisotopic (exact) mass is 243 g/mol. The van der Waals surface area contributed by atoms with Gasteiger partial charge in [0.1, 0.15) is 5.82 Å². The minimum atomic E-state index is -1.89. The van der Waals surface area contributed by atoms with Gasteiger partial charge in [-0.15, -0.1) is 4.79 Å². The zero-order chi connectivity index (χ0) is 12.7. The summed E-state index contributed by atoms with van der Waals surface area (Å²) in [5.74, 6) is -4.76. The van der Waals surface area contributed by atoms with Crippen LogP contribution in [0.1, 0.15) is 0 Å². The van der Waals surface area contributed by atoms with E-state index in [9.17, 15) is 22.9 Å². The number of nitrogens with zero attached hydrogens (tertiary/aromatic N) is 1. The van der Waals surface area contributed by atoms with E-state index in [0.717, 1.165) is 18.2 Å². The predicted molar refractivity (Wildman–Crippen MR) is 52.6 cm³/mol. The van der Waals surface area contributed by atoms with E-state index in [1.54, 1.807) is 0 Å². The van der Waals surface area contributed by atoms with Crippen molar-refractivity contribution in [1.29, 1.82) is 0 Å². The van der Waals surface area contributed by atoms with Crippen LogP contribution in [-0.4, -0.2) is 9.90 Å². The van der Waals surface area contributed by atoms with Crippen molar-refractivity contribution in [2.45, 2.75) is 0 Å². The van der Waals surface area contributed by atoms with Crippen molar-refractivity contribution >= 4 is 10.9 Å². The van der Waals surface area contributed by atoms with Gasteiger partial charge in [0.05, 0.1) is 10.9 Å². The van der Waals surface area contributed by atoms with Gasteiger partial charge in [-0.05, 0) is 12.1 Å². The van der Waals surface area contributed by atoms with Crippen molar-refractivity contribution < 1.29 is 18.4 Å². The zero-order valence-electron chi connectivity index (χ0n) is 8.08. The van der Waals surface area contributed by atoms with Crippen LogP contribution in [0.3, 0.4) is 0 Å². The SMILES string of the molecule is O=c1c(F)c(O)c(=O)n(F)c2cccc(F)c12. The zero-order valence-corrected chi connectivity index (χ0v) is 8.08. The lowest BCUT2D eigenvalue weighted by molar-refractivity contribution is 0.349. The molecule has 88 valence electrons. The van der Waals surface area contributed by atoms with Crippen LogP contribution in [0.25, 0.3) is 10.9 Å². The maximum absolute atomic E-state index is 13.4. The highest BCUT2D eigenvalue weighted by molar-refractivity contribution is 5.79. The predicted octanol–water partition coefficient (Wildman–Crippen LogP) is 1.08. The Bertz CT molecular complexity index is 739. The first kappa shape index (κ1) is 11.2. The van der Waals surface area contributed by atoms with Gasteiger partial charge in [0.2, 0.25) is 17.0 Å². The van der Waals surface area contributed by atoms with Gasteiger partial charge in [0.15, 0.2) is 0 Å². The summed E-state index contributed by atoms with van der Waals surface area (Å²) in [4.78, 5) is 21.8. The molecule has 1 aromatic carbocycles. The fraction of sp³-hybridized carbons (Fsp3) is 0. The Balaban J connectivity index is 3.33. The number of aromatic nitrogens is 1. The van der Waals surface area contributed by atoms with Crippen molar-refractivity contribution in [3.05, 3.63) is 50.4 Å². The molecule has 1 N–H and O–H groups in total. The Morgan fingerprint density at radius 1 is 1.18 bits per heavy atom. The topological polar surface area (TPSA) is 59.3 Å². The summed E-state index contributed by atoms with van der Waals surface area (Å²) in [6.07, 6.45) is 0. The van der Waals surface area contributed by atoms with E-state index >= 15 is 0 Å². The van der Waals surface area contributed by atoms with Gasteiger partial charge in [-0.2, -0.15) is 4.39 Å². The van der Waals surface area contributed by atoms with Gasteiger partial charge in [-0.25, -0.2) is 4.39 Å². The number of benzene rings is 1. The molecule has 0 fully saturated rings. The molecule has 0 aliphatic rings. The van der Waals surface area contributed by atoms with E-state index < -0.39 is 44.1 Å². The molecule has 0 radical (unpaired) electrons. The molecule has 2 aromatic rings. The highest BCUT2D eigenvalue weighted by Gasteiger charge is 2.18. The number of rotatable bonds is 0. The molecule has 7 heteroatoms. The van der Waals surface area contributed by atoms with Crippen molar-refractivity contribution in [3.63, 3.8) is 0 Å². The van der Waals surface area contributed by atoms with E-state index in [1.165, 1.54) is 0 Å². The normalized spacial score (nSPS) is 10.8. The Morgan fingerprint density at radius 2 is 1.82 bits per heavy atom. The summed E-state index contributed by atoms with van der Waals surface area (Å²) in [5, 5.41) is 8.02. The van der Waals surface area contributed by atoms with Crippen LogP contribution in [0, 0.1) is 11.6 Å². The van der Waals surface area contributed by atoms with Crippen LogP contribution < -0.4 is 11.0 Å². The molecule has 2 rings (SSSR count). The quantitative estimate of drug-likeness (QED) is 0.753. The first-order chi connectivity index (χ1) is 7.95. The van der Waals surface area contributed by atoms with E-state index in [-0.39, 0.29) is 0 Å². The average molecular weight is 243 g/mol. The molecule has 1 aromatic heterocycles. The van der Waals surface area contributed by atoms with Crippen molar-refractivity contribution in [3.8, 4) is 5.75 Å². The van der Waals surface area contributed by atoms with Crippen LogP contribution in [0.15, 0.2) is 27.8 Å². The Labute approximate surface area is 91.1 Å². The summed E-state index contributed by atoms with van der Waals surface area (Å²) in [6.45, 7) is 0. The molecule has 0 saturated carbocycles. The lowest BCUT2D eigenvalue weighted by atomic mass is 10.2. The smallest absolute Gasteiger partial charge is 0.324 e. The number of aromatic hydroxyl groups is 1. The average Bonchev–Trinajstić information content (AvgIpc) is 2.38. The number of halogens is 3. The summed E-state index contributed by atoms with van der Waals surface area (Å²) in [5.41, 5.74) is -4.09. The largest absolute Gasteiger partial charge is 0.501 e. The van der Waals surface area contributed by atoms with Crippen molar-refractivity contribution in [2.24, 2.45) is 0 Å². The maximum atomic E-state index is 13.4. The first-order valence-electron chi connectivity index (χ1n) is 4.37. The van der Waals surface area contributed by atoms with Crippen LogP contribution in [0.4, 0.5) is 13.3 Å². The first-order valence-corrected chi connectivity index (χ1v) is 4.37. The van der Waals surface area contributed by atoms with Crippen molar-refractivity contribution in [1.82, 2.24) is 4.79 Å². The van der Waals surface area contributed by atoms with Crippen LogP contribution in [0.5, 0.6) is 5.75 Å². The van der Waals surface area contributed by atoms with Crippen molar-refractivity contribution in [2.75, 3.05) is 0 Å². The van der Waals surface area contributed by atoms with E-state index in [2.05, 4.69) is 0 Å². The fourth-order valence-corrected chi connectivity index (χ4v) is 1.41. The lowest BCUT2D eigenvalue weighted by Gasteiger charge is -1.94. The highest BCUT2D eigenvalue weighted by atomic mass is 19.2. The third kappa shape index (κ3) is 1.47. The Kier molecular flexibility index (Phi) is 2.38. The maximum Gasteiger partial charge on any atom is 0.324 e. The van der Waals surface area contributed by atoms with E-state index in [1.807, 2.05) is 0 Å². The third-order valence-electron chi connectivity index (χ3n) is 2.22. The molecule has 0 atom stereocenters. The minimum absolute atomic E-state index is 0.682. The molecular weight excluding hydrogens is 239 g/mol. The molecule has 1 heterocycles. The molecule has 4 nitrogen and oxygen atoms in total. The molecule has 0 aliphatic heterocycles. The molecule has 0 spiro atoms. The van der Waals surface area contributed by atoms with Gasteiger partial charge in [0.25, 0.3) is 0 Å². The van der Waals surface area contributed by atoms with Gasteiger partial charge in [0, 0.05) is 0 Å². The Hall–Kier alpha value is -2.31. The molecule has 0 bridgehead atoms. The number of hydrogen-bond acceptors (Lipinski definition) is 3. The van der Waals surface area contributed by atoms with Gasteiger partial charge >= 0.3 is 5.56 Å². The van der Waals surface area contributed by atoms with E-state index in [0.29, 0.717) is 0 Å². The minimum Gasteiger partial charge on any atom is -0.501 e. The van der Waals surface area contributed by atoms with Crippen LogP contribution >= 0.6 is 0 Å². The van der Waals surface area contributed by atoms with Gasteiger partial charge in [-0.3, -0.25) is 9.59 Å². The summed E-state index contributed by atoms with van der Waals surface area (Å²) >= 11 is 0. The standard InChI is InChI=1S/C10H4F3NO3/c11-4-2-1-3-5-6(4)8(15)7(12)9(16)10(17)14(5)13/h1-3,16H. The lowest BCUT2D eigenvalue weighted by Crippen LogP contribution is -2.11.